The van der Waals surface area contributed by atoms with Crippen LogP contribution in [0.2, 0.25) is 0 Å². The Morgan fingerprint density at radius 1 is 1.61 bits per heavy atom. The predicted molar refractivity (Wildman–Crippen MR) is 62.8 cm³/mol. The molecule has 0 spiro atoms. The summed E-state index contributed by atoms with van der Waals surface area (Å²) in [6, 6.07) is -0.867. The standard InChI is InChI=1S/C10H13N5O3/c1-15-9-6(3-13-15)8(11-5-12-9)14-7(4-16)10(17)18-2/h3,5,7,16H,4H2,1-2H3,(H,11,12,14). The first-order valence-electron chi connectivity index (χ1n) is 5.25. The van der Waals surface area contributed by atoms with E-state index in [9.17, 15) is 4.79 Å². The van der Waals surface area contributed by atoms with Gasteiger partial charge in [-0.25, -0.2) is 14.8 Å². The third kappa shape index (κ3) is 2.09. The average Bonchev–Trinajstić information content (AvgIpc) is 2.78. The predicted octanol–water partition coefficient (Wildman–Crippen LogP) is -0.691. The van der Waals surface area contributed by atoms with Crippen LogP contribution in [-0.4, -0.2) is 50.6 Å². The van der Waals surface area contributed by atoms with Crippen LogP contribution in [0.5, 0.6) is 0 Å². The molecule has 0 fully saturated rings. The van der Waals surface area contributed by atoms with E-state index in [0.717, 1.165) is 0 Å². The van der Waals surface area contributed by atoms with Crippen LogP contribution in [0.25, 0.3) is 11.0 Å². The molecule has 0 bridgehead atoms. The zero-order valence-corrected chi connectivity index (χ0v) is 9.99. The second-order valence-electron chi connectivity index (χ2n) is 3.63. The minimum absolute atomic E-state index is 0.390. The molecule has 0 aromatic carbocycles. The molecular weight excluding hydrogens is 238 g/mol. The number of carbonyl (C=O) groups excluding carboxylic acids is 1. The Hall–Kier alpha value is -2.22. The van der Waals surface area contributed by atoms with Crippen molar-refractivity contribution >= 4 is 22.8 Å². The lowest BCUT2D eigenvalue weighted by molar-refractivity contribution is -0.142. The molecule has 2 N–H and O–H groups in total. The number of aliphatic hydroxyl groups excluding tert-OH is 1. The normalized spacial score (nSPS) is 12.4. The summed E-state index contributed by atoms with van der Waals surface area (Å²) in [6.45, 7) is -0.390. The van der Waals surface area contributed by atoms with Gasteiger partial charge < -0.3 is 15.2 Å². The van der Waals surface area contributed by atoms with Gasteiger partial charge in [-0.1, -0.05) is 0 Å². The monoisotopic (exact) mass is 251 g/mol. The van der Waals surface area contributed by atoms with E-state index in [0.29, 0.717) is 16.9 Å². The fourth-order valence-electron chi connectivity index (χ4n) is 1.56. The zero-order valence-electron chi connectivity index (χ0n) is 9.99. The molecule has 2 rings (SSSR count). The minimum Gasteiger partial charge on any atom is -0.467 e. The van der Waals surface area contributed by atoms with Gasteiger partial charge in [0.1, 0.15) is 18.2 Å². The van der Waals surface area contributed by atoms with Crippen LogP contribution in [0, 0.1) is 0 Å². The first-order chi connectivity index (χ1) is 8.67. The molecule has 2 heterocycles. The Morgan fingerprint density at radius 3 is 3.06 bits per heavy atom. The number of hydrogen-bond donors (Lipinski definition) is 2. The number of aromatic nitrogens is 4. The summed E-state index contributed by atoms with van der Waals surface area (Å²) in [5.74, 6) is -0.134. The molecule has 0 amide bonds. The molecule has 0 radical (unpaired) electrons. The Kier molecular flexibility index (Phi) is 3.38. The number of anilines is 1. The van der Waals surface area contributed by atoms with Gasteiger partial charge in [0.05, 0.1) is 25.3 Å². The van der Waals surface area contributed by atoms with Gasteiger partial charge in [-0.05, 0) is 0 Å². The van der Waals surface area contributed by atoms with E-state index in [4.69, 9.17) is 5.11 Å². The van der Waals surface area contributed by atoms with Gasteiger partial charge >= 0.3 is 5.97 Å². The van der Waals surface area contributed by atoms with Gasteiger partial charge in [-0.3, -0.25) is 4.68 Å². The van der Waals surface area contributed by atoms with Crippen LogP contribution in [-0.2, 0) is 16.6 Å². The summed E-state index contributed by atoms with van der Waals surface area (Å²) in [5.41, 5.74) is 0.633. The van der Waals surface area contributed by atoms with E-state index in [-0.39, 0.29) is 0 Å². The molecule has 8 nitrogen and oxygen atoms in total. The molecule has 2 aromatic heterocycles. The molecule has 0 saturated carbocycles. The smallest absolute Gasteiger partial charge is 0.330 e. The first-order valence-corrected chi connectivity index (χ1v) is 5.25. The third-order valence-electron chi connectivity index (χ3n) is 2.51. The number of methoxy groups -OCH3 is 1. The number of rotatable bonds is 4. The van der Waals surface area contributed by atoms with Crippen molar-refractivity contribution in [2.75, 3.05) is 19.0 Å². The highest BCUT2D eigenvalue weighted by atomic mass is 16.5. The highest BCUT2D eigenvalue weighted by molar-refractivity contribution is 5.88. The van der Waals surface area contributed by atoms with Crippen molar-refractivity contribution < 1.29 is 14.6 Å². The minimum atomic E-state index is -0.867. The topological polar surface area (TPSA) is 102 Å². The van der Waals surface area contributed by atoms with Crippen molar-refractivity contribution in [3.8, 4) is 0 Å². The molecular formula is C10H13N5O3. The number of fused-ring (bicyclic) bond motifs is 1. The highest BCUT2D eigenvalue weighted by Gasteiger charge is 2.20. The summed E-state index contributed by atoms with van der Waals surface area (Å²) < 4.78 is 6.16. The molecule has 0 aliphatic carbocycles. The fraction of sp³-hybridized carbons (Fsp3) is 0.400. The molecule has 0 saturated heterocycles. The molecule has 8 heteroatoms. The number of esters is 1. The van der Waals surface area contributed by atoms with Gasteiger partial charge in [-0.15, -0.1) is 0 Å². The van der Waals surface area contributed by atoms with E-state index < -0.39 is 18.6 Å². The van der Waals surface area contributed by atoms with Gasteiger partial charge in [0.2, 0.25) is 0 Å². The molecule has 1 unspecified atom stereocenters. The van der Waals surface area contributed by atoms with Crippen molar-refractivity contribution in [3.05, 3.63) is 12.5 Å². The van der Waals surface area contributed by atoms with E-state index in [1.54, 1.807) is 17.9 Å². The van der Waals surface area contributed by atoms with Crippen molar-refractivity contribution in [2.45, 2.75) is 6.04 Å². The van der Waals surface area contributed by atoms with E-state index in [1.165, 1.54) is 13.4 Å². The largest absolute Gasteiger partial charge is 0.467 e. The fourth-order valence-corrected chi connectivity index (χ4v) is 1.56. The average molecular weight is 251 g/mol. The van der Waals surface area contributed by atoms with Crippen LogP contribution in [0.3, 0.4) is 0 Å². The maximum absolute atomic E-state index is 11.4. The van der Waals surface area contributed by atoms with Gasteiger partial charge in [-0.2, -0.15) is 5.10 Å². The van der Waals surface area contributed by atoms with Gasteiger partial charge in [0.15, 0.2) is 5.65 Å². The molecule has 0 aliphatic heterocycles. The third-order valence-corrected chi connectivity index (χ3v) is 2.51. The highest BCUT2D eigenvalue weighted by Crippen LogP contribution is 2.18. The lowest BCUT2D eigenvalue weighted by Gasteiger charge is -2.14. The van der Waals surface area contributed by atoms with E-state index in [2.05, 4.69) is 25.1 Å². The van der Waals surface area contributed by atoms with Crippen molar-refractivity contribution in [1.29, 1.82) is 0 Å². The zero-order chi connectivity index (χ0) is 13.1. The molecule has 0 aliphatic rings. The summed E-state index contributed by atoms with van der Waals surface area (Å²) >= 11 is 0. The lowest BCUT2D eigenvalue weighted by atomic mass is 10.3. The number of nitrogens with zero attached hydrogens (tertiary/aromatic N) is 4. The van der Waals surface area contributed by atoms with Gasteiger partial charge in [0, 0.05) is 7.05 Å². The quantitative estimate of drug-likeness (QED) is 0.693. The summed E-state index contributed by atoms with van der Waals surface area (Å²) in [7, 11) is 3.01. The Balaban J connectivity index is 2.33. The summed E-state index contributed by atoms with van der Waals surface area (Å²) in [6.07, 6.45) is 2.95. The number of ether oxygens (including phenoxy) is 1. The molecule has 18 heavy (non-hydrogen) atoms. The number of nitrogens with one attached hydrogen (secondary N) is 1. The first kappa shape index (κ1) is 12.2. The van der Waals surface area contributed by atoms with Crippen LogP contribution < -0.4 is 5.32 Å². The van der Waals surface area contributed by atoms with Crippen LogP contribution >= 0.6 is 0 Å². The second kappa shape index (κ2) is 4.96. The second-order valence-corrected chi connectivity index (χ2v) is 3.63. The van der Waals surface area contributed by atoms with E-state index in [1.807, 2.05) is 0 Å². The van der Waals surface area contributed by atoms with Crippen LogP contribution in [0.4, 0.5) is 5.82 Å². The van der Waals surface area contributed by atoms with Crippen molar-refractivity contribution in [1.82, 2.24) is 19.7 Å². The molecule has 1 atom stereocenters. The summed E-state index contributed by atoms with van der Waals surface area (Å²) in [4.78, 5) is 19.5. The Morgan fingerprint density at radius 2 is 2.39 bits per heavy atom. The summed E-state index contributed by atoms with van der Waals surface area (Å²) in [5, 5.41) is 16.7. The lowest BCUT2D eigenvalue weighted by Crippen LogP contribution is -2.34. The molecule has 96 valence electrons. The maximum Gasteiger partial charge on any atom is 0.330 e. The SMILES string of the molecule is COC(=O)C(CO)Nc1ncnc2c1cnn2C. The molecule has 2 aromatic rings. The number of carbonyl (C=O) groups is 1. The number of hydrogen-bond acceptors (Lipinski definition) is 7. The number of aryl methyl sites for hydroxylation is 1. The van der Waals surface area contributed by atoms with E-state index >= 15 is 0 Å². The Bertz CT molecular complexity index is 568. The van der Waals surface area contributed by atoms with Gasteiger partial charge in [0.25, 0.3) is 0 Å². The number of aliphatic hydroxyl groups is 1. The van der Waals surface area contributed by atoms with Crippen LogP contribution in [0.15, 0.2) is 12.5 Å². The van der Waals surface area contributed by atoms with Crippen LogP contribution in [0.1, 0.15) is 0 Å². The van der Waals surface area contributed by atoms with Crippen molar-refractivity contribution in [2.24, 2.45) is 7.05 Å². The van der Waals surface area contributed by atoms with Crippen molar-refractivity contribution in [3.63, 3.8) is 0 Å². The maximum atomic E-state index is 11.4. The Labute approximate surface area is 103 Å².